The van der Waals surface area contributed by atoms with Crippen LogP contribution in [0.15, 0.2) is 12.3 Å². The van der Waals surface area contributed by atoms with E-state index in [2.05, 4.69) is 16.0 Å². The molecule has 1 fully saturated rings. The van der Waals surface area contributed by atoms with Crippen LogP contribution in [-0.2, 0) is 12.8 Å². The van der Waals surface area contributed by atoms with Crippen LogP contribution in [0.1, 0.15) is 56.8 Å². The molecule has 2 aromatic heterocycles. The van der Waals surface area contributed by atoms with Crippen molar-refractivity contribution in [3.8, 4) is 0 Å². The van der Waals surface area contributed by atoms with E-state index in [-0.39, 0.29) is 5.91 Å². The molecule has 1 aliphatic carbocycles. The van der Waals surface area contributed by atoms with E-state index in [4.69, 9.17) is 0 Å². The number of aromatic nitrogens is 2. The number of carbonyl (C=O) groups excluding carboxylic acids is 1. The molecule has 0 aromatic carbocycles. The van der Waals surface area contributed by atoms with Crippen molar-refractivity contribution in [2.24, 2.45) is 0 Å². The Hall–Kier alpha value is -1.62. The highest BCUT2D eigenvalue weighted by molar-refractivity contribution is 7.14. The number of aromatic amines is 1. The van der Waals surface area contributed by atoms with E-state index in [9.17, 15) is 4.79 Å². The second-order valence-corrected chi connectivity index (χ2v) is 7.59. The van der Waals surface area contributed by atoms with E-state index in [1.54, 1.807) is 11.3 Å². The average molecular weight is 315 g/mol. The molecule has 1 atom stereocenters. The van der Waals surface area contributed by atoms with E-state index in [1.165, 1.54) is 16.9 Å². The first-order valence-corrected chi connectivity index (χ1v) is 8.95. The summed E-state index contributed by atoms with van der Waals surface area (Å²) >= 11 is 1.71. The van der Waals surface area contributed by atoms with Crippen molar-refractivity contribution < 1.29 is 4.79 Å². The lowest BCUT2D eigenvalue weighted by atomic mass is 9.97. The highest BCUT2D eigenvalue weighted by atomic mass is 32.1. The minimum absolute atomic E-state index is 0.215. The molecular weight excluding hydrogens is 294 g/mol. The Morgan fingerprint density at radius 2 is 2.32 bits per heavy atom. The SMILES string of the molecule is Cc1cnc([C@@H]2CCCN(C(=O)c3cc4c(s3)CCC4)C2)[nH]1. The molecule has 4 rings (SSSR count). The number of aryl methyl sites for hydroxylation is 3. The van der Waals surface area contributed by atoms with Crippen LogP contribution < -0.4 is 0 Å². The number of piperidine rings is 1. The highest BCUT2D eigenvalue weighted by Gasteiger charge is 2.28. The molecule has 2 aliphatic rings. The molecule has 0 unspecified atom stereocenters. The standard InChI is InChI=1S/C17H21N3OS/c1-11-9-18-16(19-11)13-5-3-7-20(10-13)17(21)15-8-12-4-2-6-14(12)22-15/h8-9,13H,2-7,10H2,1H3,(H,18,19)/t13-/m1/s1. The maximum Gasteiger partial charge on any atom is 0.263 e. The number of nitrogens with zero attached hydrogens (tertiary/aromatic N) is 2. The number of H-pyrrole nitrogens is 1. The van der Waals surface area contributed by atoms with Crippen molar-refractivity contribution in [2.45, 2.75) is 44.9 Å². The smallest absolute Gasteiger partial charge is 0.263 e. The van der Waals surface area contributed by atoms with Crippen LogP contribution in [0.2, 0.25) is 0 Å². The number of hydrogen-bond acceptors (Lipinski definition) is 3. The summed E-state index contributed by atoms with van der Waals surface area (Å²) in [5, 5.41) is 0. The Labute approximate surface area is 134 Å². The van der Waals surface area contributed by atoms with Gasteiger partial charge in [-0.3, -0.25) is 4.79 Å². The quantitative estimate of drug-likeness (QED) is 0.924. The molecule has 5 heteroatoms. The molecule has 22 heavy (non-hydrogen) atoms. The first-order valence-electron chi connectivity index (χ1n) is 8.13. The number of imidazole rings is 1. The number of fused-ring (bicyclic) bond motifs is 1. The largest absolute Gasteiger partial charge is 0.346 e. The zero-order valence-corrected chi connectivity index (χ0v) is 13.7. The molecule has 0 radical (unpaired) electrons. The van der Waals surface area contributed by atoms with Crippen molar-refractivity contribution in [1.82, 2.24) is 14.9 Å². The molecule has 2 aromatic rings. The molecule has 1 amide bonds. The van der Waals surface area contributed by atoms with Crippen LogP contribution in [0, 0.1) is 6.92 Å². The van der Waals surface area contributed by atoms with E-state index in [0.717, 1.165) is 55.2 Å². The van der Waals surface area contributed by atoms with Gasteiger partial charge in [0.15, 0.2) is 0 Å². The molecule has 0 spiro atoms. The average Bonchev–Trinajstić information content (AvgIpc) is 3.21. The fourth-order valence-corrected chi connectivity index (χ4v) is 4.84. The first-order chi connectivity index (χ1) is 10.7. The van der Waals surface area contributed by atoms with Crippen LogP contribution in [0.3, 0.4) is 0 Å². The highest BCUT2D eigenvalue weighted by Crippen LogP contribution is 2.32. The van der Waals surface area contributed by atoms with Crippen molar-refractivity contribution in [1.29, 1.82) is 0 Å². The van der Waals surface area contributed by atoms with Crippen LogP contribution in [0.5, 0.6) is 0 Å². The van der Waals surface area contributed by atoms with Crippen molar-refractivity contribution in [2.75, 3.05) is 13.1 Å². The van der Waals surface area contributed by atoms with Crippen LogP contribution in [0.25, 0.3) is 0 Å². The molecule has 1 N–H and O–H groups in total. The Bertz CT molecular complexity index is 681. The molecule has 0 saturated carbocycles. The van der Waals surface area contributed by atoms with Gasteiger partial charge in [-0.25, -0.2) is 4.98 Å². The number of amides is 1. The fraction of sp³-hybridized carbons (Fsp3) is 0.529. The van der Waals surface area contributed by atoms with E-state index >= 15 is 0 Å². The molecule has 0 bridgehead atoms. The predicted molar refractivity (Wildman–Crippen MR) is 87.5 cm³/mol. The number of hydrogen-bond donors (Lipinski definition) is 1. The van der Waals surface area contributed by atoms with Gasteiger partial charge >= 0.3 is 0 Å². The topological polar surface area (TPSA) is 49.0 Å². The number of rotatable bonds is 2. The normalized spacial score (nSPS) is 21.1. The second kappa shape index (κ2) is 5.54. The van der Waals surface area contributed by atoms with Crippen LogP contribution >= 0.6 is 11.3 Å². The van der Waals surface area contributed by atoms with Crippen LogP contribution in [0.4, 0.5) is 0 Å². The second-order valence-electron chi connectivity index (χ2n) is 6.45. The van der Waals surface area contributed by atoms with Crippen molar-refractivity contribution in [3.05, 3.63) is 39.1 Å². The van der Waals surface area contributed by atoms with E-state index in [0.29, 0.717) is 5.92 Å². The third kappa shape index (κ3) is 2.47. The summed E-state index contributed by atoms with van der Waals surface area (Å²) in [6.07, 6.45) is 7.59. The maximum absolute atomic E-state index is 12.8. The van der Waals surface area contributed by atoms with Gasteiger partial charge in [-0.05, 0) is 50.7 Å². The summed E-state index contributed by atoms with van der Waals surface area (Å²) in [4.78, 5) is 25.0. The van der Waals surface area contributed by atoms with Gasteiger partial charge in [0.2, 0.25) is 0 Å². The Morgan fingerprint density at radius 1 is 1.41 bits per heavy atom. The zero-order chi connectivity index (χ0) is 15.1. The number of thiophene rings is 1. The Kier molecular flexibility index (Phi) is 3.53. The maximum atomic E-state index is 12.8. The van der Waals surface area contributed by atoms with Crippen molar-refractivity contribution >= 4 is 17.2 Å². The van der Waals surface area contributed by atoms with E-state index < -0.39 is 0 Å². The third-order valence-corrected chi connectivity index (χ3v) is 6.00. The number of likely N-dealkylation sites (tertiary alicyclic amines) is 1. The lowest BCUT2D eigenvalue weighted by Crippen LogP contribution is -2.39. The fourth-order valence-electron chi connectivity index (χ4n) is 3.62. The molecule has 116 valence electrons. The van der Waals surface area contributed by atoms with Gasteiger partial charge < -0.3 is 9.88 Å². The molecular formula is C17H21N3OS. The minimum atomic E-state index is 0.215. The Balaban J connectivity index is 1.50. The van der Waals surface area contributed by atoms with Gasteiger partial charge in [-0.1, -0.05) is 0 Å². The minimum Gasteiger partial charge on any atom is -0.346 e. The van der Waals surface area contributed by atoms with Gasteiger partial charge in [0.05, 0.1) is 4.88 Å². The summed E-state index contributed by atoms with van der Waals surface area (Å²) in [6.45, 7) is 3.68. The summed E-state index contributed by atoms with van der Waals surface area (Å²) < 4.78 is 0. The van der Waals surface area contributed by atoms with Gasteiger partial charge in [-0.2, -0.15) is 0 Å². The number of nitrogens with one attached hydrogen (secondary N) is 1. The number of carbonyl (C=O) groups is 1. The lowest BCUT2D eigenvalue weighted by molar-refractivity contribution is 0.0709. The first kappa shape index (κ1) is 14.0. The lowest BCUT2D eigenvalue weighted by Gasteiger charge is -2.31. The molecule has 1 aliphatic heterocycles. The molecule has 4 nitrogen and oxygen atoms in total. The molecule has 3 heterocycles. The van der Waals surface area contributed by atoms with Gasteiger partial charge in [0, 0.05) is 35.8 Å². The van der Waals surface area contributed by atoms with Crippen LogP contribution in [-0.4, -0.2) is 33.9 Å². The summed E-state index contributed by atoms with van der Waals surface area (Å²) in [5.74, 6) is 1.59. The van der Waals surface area contributed by atoms with Gasteiger partial charge in [-0.15, -0.1) is 11.3 Å². The summed E-state index contributed by atoms with van der Waals surface area (Å²) in [7, 11) is 0. The zero-order valence-electron chi connectivity index (χ0n) is 12.9. The van der Waals surface area contributed by atoms with Gasteiger partial charge in [0.25, 0.3) is 5.91 Å². The predicted octanol–water partition coefficient (Wildman–Crippen LogP) is 3.29. The Morgan fingerprint density at radius 3 is 3.09 bits per heavy atom. The summed E-state index contributed by atoms with van der Waals surface area (Å²) in [5.41, 5.74) is 2.50. The summed E-state index contributed by atoms with van der Waals surface area (Å²) in [6, 6.07) is 2.13. The monoisotopic (exact) mass is 315 g/mol. The van der Waals surface area contributed by atoms with Crippen molar-refractivity contribution in [3.63, 3.8) is 0 Å². The van der Waals surface area contributed by atoms with Gasteiger partial charge in [0.1, 0.15) is 5.82 Å². The third-order valence-electron chi connectivity index (χ3n) is 4.78. The van der Waals surface area contributed by atoms with E-state index in [1.807, 2.05) is 18.0 Å². The molecule has 1 saturated heterocycles.